The van der Waals surface area contributed by atoms with E-state index in [9.17, 15) is 9.59 Å². The van der Waals surface area contributed by atoms with Gasteiger partial charge in [-0.3, -0.25) is 9.59 Å². The molecule has 8 heteroatoms. The SMILES string of the molecule is CCNC(=O)[C@@H](C)N(Cc1ccc(Cl)c(Cl)c1)C(=O)CCCOc1ccc(Cl)cc1. The summed E-state index contributed by atoms with van der Waals surface area (Å²) in [7, 11) is 0. The van der Waals surface area contributed by atoms with Crippen LogP contribution in [0.5, 0.6) is 5.75 Å². The first-order valence-electron chi connectivity index (χ1n) is 9.71. The van der Waals surface area contributed by atoms with Gasteiger partial charge in [0.05, 0.1) is 16.7 Å². The summed E-state index contributed by atoms with van der Waals surface area (Å²) >= 11 is 17.9. The van der Waals surface area contributed by atoms with Crippen molar-refractivity contribution < 1.29 is 14.3 Å². The molecule has 2 aromatic carbocycles. The highest BCUT2D eigenvalue weighted by atomic mass is 35.5. The van der Waals surface area contributed by atoms with Gasteiger partial charge in [-0.1, -0.05) is 40.9 Å². The molecule has 2 rings (SSSR count). The Labute approximate surface area is 192 Å². The van der Waals surface area contributed by atoms with Crippen LogP contribution < -0.4 is 10.1 Å². The summed E-state index contributed by atoms with van der Waals surface area (Å²) in [6.45, 7) is 4.68. The van der Waals surface area contributed by atoms with Gasteiger partial charge < -0.3 is 15.0 Å². The third kappa shape index (κ3) is 7.38. The van der Waals surface area contributed by atoms with Crippen LogP contribution in [-0.2, 0) is 16.1 Å². The van der Waals surface area contributed by atoms with E-state index in [0.717, 1.165) is 5.56 Å². The van der Waals surface area contributed by atoms with Crippen LogP contribution in [0.3, 0.4) is 0 Å². The molecule has 0 saturated carbocycles. The van der Waals surface area contributed by atoms with Crippen LogP contribution in [0.1, 0.15) is 32.3 Å². The van der Waals surface area contributed by atoms with E-state index in [1.54, 1.807) is 54.3 Å². The summed E-state index contributed by atoms with van der Waals surface area (Å²) in [5.74, 6) is 0.345. The van der Waals surface area contributed by atoms with Gasteiger partial charge in [0.15, 0.2) is 0 Å². The first kappa shape index (κ1) is 24.3. The monoisotopic (exact) mass is 470 g/mol. The lowest BCUT2D eigenvalue weighted by Gasteiger charge is -2.29. The van der Waals surface area contributed by atoms with Gasteiger partial charge in [0, 0.05) is 24.5 Å². The molecule has 0 heterocycles. The lowest BCUT2D eigenvalue weighted by Crippen LogP contribution is -2.47. The number of nitrogens with one attached hydrogen (secondary N) is 1. The maximum Gasteiger partial charge on any atom is 0.242 e. The van der Waals surface area contributed by atoms with Crippen molar-refractivity contribution in [3.63, 3.8) is 0 Å². The van der Waals surface area contributed by atoms with Crippen LogP contribution in [0.25, 0.3) is 0 Å². The Balaban J connectivity index is 2.00. The molecule has 0 fully saturated rings. The number of amides is 2. The number of carbonyl (C=O) groups is 2. The summed E-state index contributed by atoms with van der Waals surface area (Å²) in [6, 6.07) is 11.6. The van der Waals surface area contributed by atoms with E-state index < -0.39 is 6.04 Å². The number of benzene rings is 2. The fourth-order valence-corrected chi connectivity index (χ4v) is 3.27. The number of carbonyl (C=O) groups excluding carboxylic acids is 2. The fraction of sp³-hybridized carbons (Fsp3) is 0.364. The average molecular weight is 472 g/mol. The van der Waals surface area contributed by atoms with E-state index >= 15 is 0 Å². The number of halogens is 3. The van der Waals surface area contributed by atoms with Crippen LogP contribution >= 0.6 is 34.8 Å². The van der Waals surface area contributed by atoms with E-state index in [1.165, 1.54) is 0 Å². The molecule has 1 N–H and O–H groups in total. The molecule has 0 radical (unpaired) electrons. The van der Waals surface area contributed by atoms with E-state index in [4.69, 9.17) is 39.5 Å². The molecule has 0 aliphatic heterocycles. The van der Waals surface area contributed by atoms with Gasteiger partial charge in [-0.2, -0.15) is 0 Å². The summed E-state index contributed by atoms with van der Waals surface area (Å²) < 4.78 is 5.64. The highest BCUT2D eigenvalue weighted by Crippen LogP contribution is 2.24. The number of hydrogen-bond donors (Lipinski definition) is 1. The van der Waals surface area contributed by atoms with Crippen molar-refractivity contribution in [1.29, 1.82) is 0 Å². The number of ether oxygens (including phenoxy) is 1. The Morgan fingerprint density at radius 2 is 1.77 bits per heavy atom. The first-order chi connectivity index (χ1) is 14.3. The molecule has 0 saturated heterocycles. The highest BCUT2D eigenvalue weighted by molar-refractivity contribution is 6.42. The molecule has 5 nitrogen and oxygen atoms in total. The molecule has 2 aromatic rings. The van der Waals surface area contributed by atoms with Crippen molar-refractivity contribution in [2.75, 3.05) is 13.2 Å². The van der Waals surface area contributed by atoms with Crippen LogP contribution in [0.15, 0.2) is 42.5 Å². The van der Waals surface area contributed by atoms with Crippen LogP contribution in [-0.4, -0.2) is 35.9 Å². The summed E-state index contributed by atoms with van der Waals surface area (Å²) in [5, 5.41) is 4.24. The largest absolute Gasteiger partial charge is 0.494 e. The van der Waals surface area contributed by atoms with Crippen molar-refractivity contribution >= 4 is 46.6 Å². The number of hydrogen-bond acceptors (Lipinski definition) is 3. The lowest BCUT2D eigenvalue weighted by atomic mass is 10.1. The minimum atomic E-state index is -0.621. The third-order valence-electron chi connectivity index (χ3n) is 4.47. The topological polar surface area (TPSA) is 58.6 Å². The van der Waals surface area contributed by atoms with Gasteiger partial charge in [0.25, 0.3) is 0 Å². The van der Waals surface area contributed by atoms with Crippen molar-refractivity contribution in [2.45, 2.75) is 39.3 Å². The Kier molecular flexibility index (Phi) is 9.76. The Hall–Kier alpha value is -1.95. The second kappa shape index (κ2) is 12.0. The molecule has 0 aromatic heterocycles. The number of nitrogens with zero attached hydrogens (tertiary/aromatic N) is 1. The van der Waals surface area contributed by atoms with Gasteiger partial charge in [-0.25, -0.2) is 0 Å². The van der Waals surface area contributed by atoms with Crippen molar-refractivity contribution in [1.82, 2.24) is 10.2 Å². The molecule has 30 heavy (non-hydrogen) atoms. The van der Waals surface area contributed by atoms with Crippen LogP contribution in [0.2, 0.25) is 15.1 Å². The quantitative estimate of drug-likeness (QED) is 0.475. The average Bonchev–Trinajstić information content (AvgIpc) is 2.72. The number of rotatable bonds is 10. The highest BCUT2D eigenvalue weighted by Gasteiger charge is 2.25. The predicted molar refractivity (Wildman–Crippen MR) is 121 cm³/mol. The molecular weight excluding hydrogens is 447 g/mol. The van der Waals surface area contributed by atoms with E-state index in [2.05, 4.69) is 5.32 Å². The first-order valence-corrected chi connectivity index (χ1v) is 10.8. The molecule has 0 spiro atoms. The normalized spacial score (nSPS) is 11.6. The fourth-order valence-electron chi connectivity index (χ4n) is 2.83. The van der Waals surface area contributed by atoms with E-state index in [1.807, 2.05) is 6.92 Å². The lowest BCUT2D eigenvalue weighted by molar-refractivity contribution is -0.140. The van der Waals surface area contributed by atoms with Crippen molar-refractivity contribution in [3.05, 3.63) is 63.1 Å². The van der Waals surface area contributed by atoms with Crippen LogP contribution in [0.4, 0.5) is 0 Å². The Bertz CT molecular complexity index is 859. The second-order valence-electron chi connectivity index (χ2n) is 6.75. The minimum absolute atomic E-state index is 0.139. The maximum atomic E-state index is 12.9. The molecule has 162 valence electrons. The van der Waals surface area contributed by atoms with Crippen molar-refractivity contribution in [2.24, 2.45) is 0 Å². The molecule has 0 bridgehead atoms. The van der Waals surface area contributed by atoms with E-state index in [0.29, 0.717) is 40.4 Å². The van der Waals surface area contributed by atoms with Gasteiger partial charge in [0.2, 0.25) is 11.8 Å². The standard InChI is InChI=1S/C22H25Cl3N2O3/c1-3-26-22(29)15(2)27(14-16-6-11-19(24)20(25)13-16)21(28)5-4-12-30-18-9-7-17(23)8-10-18/h6-11,13,15H,3-5,12,14H2,1-2H3,(H,26,29)/t15-/m1/s1. The minimum Gasteiger partial charge on any atom is -0.494 e. The molecule has 2 amide bonds. The van der Waals surface area contributed by atoms with Gasteiger partial charge >= 0.3 is 0 Å². The predicted octanol–water partition coefficient (Wildman–Crippen LogP) is 5.36. The Morgan fingerprint density at radius 3 is 2.40 bits per heavy atom. The zero-order chi connectivity index (χ0) is 22.1. The maximum absolute atomic E-state index is 12.9. The third-order valence-corrected chi connectivity index (χ3v) is 5.46. The smallest absolute Gasteiger partial charge is 0.242 e. The van der Waals surface area contributed by atoms with E-state index in [-0.39, 0.29) is 24.8 Å². The summed E-state index contributed by atoms with van der Waals surface area (Å²) in [5.41, 5.74) is 0.798. The molecule has 0 unspecified atom stereocenters. The molecule has 1 atom stereocenters. The van der Waals surface area contributed by atoms with Crippen molar-refractivity contribution in [3.8, 4) is 5.75 Å². The molecular formula is C22H25Cl3N2O3. The number of likely N-dealkylation sites (N-methyl/N-ethyl adjacent to an activating group) is 1. The van der Waals surface area contributed by atoms with Crippen LogP contribution in [0, 0.1) is 0 Å². The molecule has 0 aliphatic rings. The van der Waals surface area contributed by atoms with Gasteiger partial charge in [-0.05, 0) is 62.2 Å². The van der Waals surface area contributed by atoms with Gasteiger partial charge in [-0.15, -0.1) is 0 Å². The van der Waals surface area contributed by atoms with Gasteiger partial charge in [0.1, 0.15) is 11.8 Å². The Morgan fingerprint density at radius 1 is 1.07 bits per heavy atom. The zero-order valence-electron chi connectivity index (χ0n) is 17.0. The molecule has 0 aliphatic carbocycles. The zero-order valence-corrected chi connectivity index (χ0v) is 19.2. The second-order valence-corrected chi connectivity index (χ2v) is 8.00. The summed E-state index contributed by atoms with van der Waals surface area (Å²) in [6.07, 6.45) is 0.764. The summed E-state index contributed by atoms with van der Waals surface area (Å²) in [4.78, 5) is 26.8.